The fourth-order valence-corrected chi connectivity index (χ4v) is 7.18. The molecular formula is C20H40O4Si. The van der Waals surface area contributed by atoms with Crippen molar-refractivity contribution in [1.29, 1.82) is 0 Å². The zero-order valence-corrected chi connectivity index (χ0v) is 18.3. The molecular weight excluding hydrogens is 332 g/mol. The Labute approximate surface area is 156 Å². The lowest BCUT2D eigenvalue weighted by Gasteiger charge is -2.37. The van der Waals surface area contributed by atoms with Gasteiger partial charge in [0.1, 0.15) is 0 Å². The summed E-state index contributed by atoms with van der Waals surface area (Å²) in [6, 6.07) is 0.939. The highest BCUT2D eigenvalue weighted by Crippen LogP contribution is 2.42. The van der Waals surface area contributed by atoms with Gasteiger partial charge in [-0.15, -0.1) is 0 Å². The molecule has 1 saturated carbocycles. The van der Waals surface area contributed by atoms with Crippen LogP contribution in [0.3, 0.4) is 0 Å². The molecule has 4 nitrogen and oxygen atoms in total. The lowest BCUT2D eigenvalue weighted by atomic mass is 9.88. The van der Waals surface area contributed by atoms with E-state index < -0.39 is 8.80 Å². The van der Waals surface area contributed by atoms with Gasteiger partial charge in [0.15, 0.2) is 0 Å². The van der Waals surface area contributed by atoms with E-state index in [1.165, 1.54) is 19.3 Å². The van der Waals surface area contributed by atoms with Crippen LogP contribution in [-0.2, 0) is 18.0 Å². The van der Waals surface area contributed by atoms with E-state index in [0.717, 1.165) is 37.6 Å². The zero-order chi connectivity index (χ0) is 18.4. The molecule has 1 heterocycles. The molecule has 6 unspecified atom stereocenters. The molecule has 2 aliphatic rings. The Kier molecular flexibility index (Phi) is 8.40. The van der Waals surface area contributed by atoms with E-state index in [4.69, 9.17) is 18.0 Å². The van der Waals surface area contributed by atoms with Crippen molar-refractivity contribution in [3.05, 3.63) is 0 Å². The van der Waals surface area contributed by atoms with Crippen molar-refractivity contribution in [2.45, 2.75) is 123 Å². The van der Waals surface area contributed by atoms with Gasteiger partial charge in [0, 0.05) is 24.4 Å². The van der Waals surface area contributed by atoms with Crippen LogP contribution >= 0.6 is 0 Å². The normalized spacial score (nSPS) is 31.7. The Balaban J connectivity index is 2.04. The second-order valence-corrected chi connectivity index (χ2v) is 10.7. The maximum atomic E-state index is 6.52. The number of hydrogen-bond acceptors (Lipinski definition) is 4. The SMILES string of the molecule is CCC(C)O[Si](CCC1CCC2OC2C1)(OC(C)CC)OC(C)CC. The summed E-state index contributed by atoms with van der Waals surface area (Å²) >= 11 is 0. The van der Waals surface area contributed by atoms with Gasteiger partial charge in [0.25, 0.3) is 0 Å². The smallest absolute Gasteiger partial charge is 0.371 e. The standard InChI is InChI=1S/C20H40O4Si/c1-7-15(4)22-25(23-16(5)8-2,24-17(6)9-3)13-12-18-10-11-19-20(14-18)21-19/h15-20H,7-14H2,1-6H3. The van der Waals surface area contributed by atoms with Crippen molar-refractivity contribution in [2.75, 3.05) is 0 Å². The van der Waals surface area contributed by atoms with Crippen molar-refractivity contribution < 1.29 is 18.0 Å². The van der Waals surface area contributed by atoms with Crippen molar-refractivity contribution >= 4 is 8.80 Å². The van der Waals surface area contributed by atoms with Gasteiger partial charge in [-0.25, -0.2) is 0 Å². The number of fused-ring (bicyclic) bond motifs is 1. The highest BCUT2D eigenvalue weighted by molar-refractivity contribution is 6.60. The maximum absolute atomic E-state index is 6.52. The number of ether oxygens (including phenoxy) is 1. The topological polar surface area (TPSA) is 40.2 Å². The molecule has 0 aromatic heterocycles. The van der Waals surface area contributed by atoms with Gasteiger partial charge in [0.2, 0.25) is 0 Å². The minimum atomic E-state index is -2.68. The Morgan fingerprint density at radius 2 is 1.36 bits per heavy atom. The van der Waals surface area contributed by atoms with Gasteiger partial charge in [0.05, 0.1) is 12.2 Å². The van der Waals surface area contributed by atoms with Gasteiger partial charge in [-0.2, -0.15) is 0 Å². The molecule has 1 aliphatic carbocycles. The molecule has 0 N–H and O–H groups in total. The van der Waals surface area contributed by atoms with Crippen LogP contribution in [0.2, 0.25) is 6.04 Å². The van der Waals surface area contributed by atoms with Crippen LogP contribution in [0.15, 0.2) is 0 Å². The molecule has 0 aromatic rings. The molecule has 148 valence electrons. The first-order valence-electron chi connectivity index (χ1n) is 10.6. The summed E-state index contributed by atoms with van der Waals surface area (Å²) in [5.74, 6) is 0.734. The molecule has 0 spiro atoms. The summed E-state index contributed by atoms with van der Waals surface area (Å²) < 4.78 is 25.3. The third-order valence-electron chi connectivity index (χ3n) is 5.84. The van der Waals surface area contributed by atoms with Crippen LogP contribution in [0.5, 0.6) is 0 Å². The molecule has 5 heteroatoms. The fourth-order valence-electron chi connectivity index (χ4n) is 3.56. The van der Waals surface area contributed by atoms with Gasteiger partial charge >= 0.3 is 8.80 Å². The van der Waals surface area contributed by atoms with E-state index in [-0.39, 0.29) is 18.3 Å². The minimum absolute atomic E-state index is 0.183. The summed E-state index contributed by atoms with van der Waals surface area (Å²) in [6.07, 6.45) is 9.49. The molecule has 25 heavy (non-hydrogen) atoms. The molecule has 2 rings (SSSR count). The van der Waals surface area contributed by atoms with Crippen LogP contribution < -0.4 is 0 Å². The number of rotatable bonds is 12. The predicted molar refractivity (Wildman–Crippen MR) is 104 cm³/mol. The van der Waals surface area contributed by atoms with Crippen molar-refractivity contribution in [3.8, 4) is 0 Å². The second-order valence-electron chi connectivity index (χ2n) is 8.12. The van der Waals surface area contributed by atoms with Crippen molar-refractivity contribution in [1.82, 2.24) is 0 Å². The van der Waals surface area contributed by atoms with E-state index in [2.05, 4.69) is 41.5 Å². The summed E-state index contributed by atoms with van der Waals surface area (Å²) in [5, 5.41) is 0. The summed E-state index contributed by atoms with van der Waals surface area (Å²) in [5.41, 5.74) is 0. The first-order chi connectivity index (χ1) is 11.9. The van der Waals surface area contributed by atoms with Crippen molar-refractivity contribution in [2.24, 2.45) is 5.92 Å². The molecule has 1 aliphatic heterocycles. The molecule has 0 bridgehead atoms. The van der Waals surface area contributed by atoms with Crippen LogP contribution in [0, 0.1) is 5.92 Å². The highest BCUT2D eigenvalue weighted by atomic mass is 28.4. The quantitative estimate of drug-likeness (QED) is 0.343. The summed E-state index contributed by atoms with van der Waals surface area (Å²) in [6.45, 7) is 12.9. The van der Waals surface area contributed by atoms with Crippen LogP contribution in [-0.4, -0.2) is 39.3 Å². The Morgan fingerprint density at radius 1 is 0.840 bits per heavy atom. The predicted octanol–water partition coefficient (Wildman–Crippen LogP) is 5.33. The average Bonchev–Trinajstić information content (AvgIpc) is 3.38. The number of epoxide rings is 1. The minimum Gasteiger partial charge on any atom is -0.371 e. The van der Waals surface area contributed by atoms with Crippen molar-refractivity contribution in [3.63, 3.8) is 0 Å². The second kappa shape index (κ2) is 9.84. The zero-order valence-electron chi connectivity index (χ0n) is 17.3. The van der Waals surface area contributed by atoms with E-state index in [0.29, 0.717) is 12.2 Å². The highest BCUT2D eigenvalue weighted by Gasteiger charge is 2.48. The fraction of sp³-hybridized carbons (Fsp3) is 1.00. The van der Waals surface area contributed by atoms with Gasteiger partial charge < -0.3 is 18.0 Å². The van der Waals surface area contributed by atoms with E-state index in [1.807, 2.05) is 0 Å². The number of hydrogen-bond donors (Lipinski definition) is 0. The third-order valence-corrected chi connectivity index (χ3v) is 9.02. The van der Waals surface area contributed by atoms with Crippen LogP contribution in [0.4, 0.5) is 0 Å². The monoisotopic (exact) mass is 372 g/mol. The largest absolute Gasteiger partial charge is 0.501 e. The molecule has 1 saturated heterocycles. The van der Waals surface area contributed by atoms with Gasteiger partial charge in [-0.1, -0.05) is 20.8 Å². The van der Waals surface area contributed by atoms with Gasteiger partial charge in [-0.3, -0.25) is 0 Å². The molecule has 0 amide bonds. The summed E-state index contributed by atoms with van der Waals surface area (Å²) in [7, 11) is -2.68. The van der Waals surface area contributed by atoms with E-state index in [9.17, 15) is 0 Å². The lowest BCUT2D eigenvalue weighted by Crippen LogP contribution is -2.51. The summed E-state index contributed by atoms with van der Waals surface area (Å²) in [4.78, 5) is 0. The Hall–Kier alpha value is 0.0569. The first-order valence-corrected chi connectivity index (χ1v) is 12.5. The molecule has 2 fully saturated rings. The Bertz CT molecular complexity index is 361. The Morgan fingerprint density at radius 3 is 1.80 bits per heavy atom. The van der Waals surface area contributed by atoms with Gasteiger partial charge in [-0.05, 0) is 71.6 Å². The average molecular weight is 373 g/mol. The van der Waals surface area contributed by atoms with Crippen LogP contribution in [0.25, 0.3) is 0 Å². The van der Waals surface area contributed by atoms with E-state index >= 15 is 0 Å². The molecule has 0 aromatic carbocycles. The lowest BCUT2D eigenvalue weighted by molar-refractivity contribution is -0.0120. The third kappa shape index (κ3) is 6.62. The first kappa shape index (κ1) is 21.4. The van der Waals surface area contributed by atoms with Crippen LogP contribution in [0.1, 0.15) is 86.5 Å². The maximum Gasteiger partial charge on any atom is 0.501 e. The molecule has 6 atom stereocenters. The molecule has 0 radical (unpaired) electrons. The van der Waals surface area contributed by atoms with E-state index in [1.54, 1.807) is 0 Å².